The van der Waals surface area contributed by atoms with Gasteiger partial charge in [-0.2, -0.15) is 0 Å². The quantitative estimate of drug-likeness (QED) is 0.324. The number of imide groups is 1. The van der Waals surface area contributed by atoms with Crippen molar-refractivity contribution in [1.29, 1.82) is 0 Å². The first-order valence-corrected chi connectivity index (χ1v) is 13.2. The summed E-state index contributed by atoms with van der Waals surface area (Å²) in [5, 5.41) is 0. The Balaban J connectivity index is 3.57. The summed E-state index contributed by atoms with van der Waals surface area (Å²) >= 11 is 0. The average molecular weight is 453 g/mol. The van der Waals surface area contributed by atoms with Crippen molar-refractivity contribution in [3.63, 3.8) is 0 Å². The molecule has 0 bridgehead atoms. The summed E-state index contributed by atoms with van der Waals surface area (Å²) in [6, 6.07) is -0.468. The van der Waals surface area contributed by atoms with Gasteiger partial charge in [0, 0.05) is 42.7 Å². The van der Waals surface area contributed by atoms with E-state index in [0.29, 0.717) is 12.8 Å². The number of carbonyl (C=O) groups is 2. The smallest absolute Gasteiger partial charge is 0.376 e. The van der Waals surface area contributed by atoms with Gasteiger partial charge < -0.3 is 31.5 Å². The average Bonchev–Trinajstić information content (AvgIpc) is 2.90. The highest BCUT2D eigenvalue weighted by atomic mass is 28.4. The molecular formula is C17H36N2O8Si2. The minimum absolute atomic E-state index is 0.359. The monoisotopic (exact) mass is 452 g/mol. The molecule has 12 heteroatoms. The number of urea groups is 1. The maximum atomic E-state index is 13.7. The second-order valence-electron chi connectivity index (χ2n) is 7.17. The van der Waals surface area contributed by atoms with Gasteiger partial charge in [-0.25, -0.2) is 4.79 Å². The van der Waals surface area contributed by atoms with E-state index in [-0.39, 0.29) is 5.91 Å². The summed E-state index contributed by atoms with van der Waals surface area (Å²) in [7, 11) is 2.25. The molecule has 0 aromatic heterocycles. The van der Waals surface area contributed by atoms with E-state index in [0.717, 1.165) is 0 Å². The molecule has 3 amide bonds. The molecule has 1 aliphatic heterocycles. The van der Waals surface area contributed by atoms with Gasteiger partial charge in [0.05, 0.1) is 0 Å². The largest absolute Gasteiger partial charge is 0.524 e. The van der Waals surface area contributed by atoms with E-state index < -0.39 is 40.5 Å². The molecule has 0 N–H and O–H groups in total. The first-order valence-electron chi connectivity index (χ1n) is 9.55. The zero-order chi connectivity index (χ0) is 22.6. The van der Waals surface area contributed by atoms with Crippen LogP contribution in [0.25, 0.3) is 0 Å². The Morgan fingerprint density at radius 1 is 0.759 bits per heavy atom. The van der Waals surface area contributed by atoms with Crippen molar-refractivity contribution < 1.29 is 36.1 Å². The molecule has 0 saturated carbocycles. The van der Waals surface area contributed by atoms with E-state index in [4.69, 9.17) is 26.6 Å². The third kappa shape index (κ3) is 4.04. The van der Waals surface area contributed by atoms with Crippen LogP contribution in [-0.2, 0) is 31.4 Å². The van der Waals surface area contributed by atoms with E-state index in [1.54, 1.807) is 13.8 Å². The van der Waals surface area contributed by atoms with Crippen LogP contribution in [0, 0.1) is 0 Å². The van der Waals surface area contributed by atoms with Crippen LogP contribution in [-0.4, -0.2) is 98.9 Å². The van der Waals surface area contributed by atoms with Crippen LogP contribution in [0.4, 0.5) is 4.79 Å². The standard InChI is InChI=1S/C17H36N2O8Si2/c1-11-13(28(22-5,23-6)24-7)18-15(20)17(3,4)19(16(18)21)14(12-2)29(25-8,26-9)27-10/h13-14H,11-12H2,1-10H3. The highest BCUT2D eigenvalue weighted by Crippen LogP contribution is 2.38. The molecule has 0 radical (unpaired) electrons. The predicted molar refractivity (Wildman–Crippen MR) is 110 cm³/mol. The molecular weight excluding hydrogens is 416 g/mol. The van der Waals surface area contributed by atoms with Crippen LogP contribution in [0.3, 0.4) is 0 Å². The maximum absolute atomic E-state index is 13.7. The lowest BCUT2D eigenvalue weighted by atomic mass is 10.0. The number of rotatable bonds is 12. The molecule has 2 unspecified atom stereocenters. The highest BCUT2D eigenvalue weighted by Gasteiger charge is 2.65. The second-order valence-corrected chi connectivity index (χ2v) is 13.4. The third-order valence-electron chi connectivity index (χ3n) is 5.68. The predicted octanol–water partition coefficient (Wildman–Crippen LogP) is 1.42. The molecule has 1 fully saturated rings. The lowest BCUT2D eigenvalue weighted by Gasteiger charge is -2.41. The number of hydrogen-bond donors (Lipinski definition) is 0. The van der Waals surface area contributed by atoms with Crippen LogP contribution < -0.4 is 0 Å². The lowest BCUT2D eigenvalue weighted by molar-refractivity contribution is -0.133. The molecule has 0 aromatic carbocycles. The van der Waals surface area contributed by atoms with Crippen molar-refractivity contribution in [2.24, 2.45) is 0 Å². The first-order chi connectivity index (χ1) is 13.6. The second kappa shape index (κ2) is 9.96. The molecule has 0 aliphatic carbocycles. The Hall–Kier alpha value is -0.866. The minimum Gasteiger partial charge on any atom is -0.376 e. The molecule has 2 atom stereocenters. The van der Waals surface area contributed by atoms with Crippen molar-refractivity contribution in [3.05, 3.63) is 0 Å². The van der Waals surface area contributed by atoms with Gasteiger partial charge in [-0.15, -0.1) is 0 Å². The van der Waals surface area contributed by atoms with E-state index in [1.807, 2.05) is 13.8 Å². The van der Waals surface area contributed by atoms with Crippen molar-refractivity contribution in [2.75, 3.05) is 42.7 Å². The molecule has 1 heterocycles. The summed E-state index contributed by atoms with van der Waals surface area (Å²) in [5.74, 6) is -0.359. The fourth-order valence-corrected chi connectivity index (χ4v) is 9.06. The van der Waals surface area contributed by atoms with Crippen molar-refractivity contribution in [2.45, 2.75) is 57.4 Å². The summed E-state index contributed by atoms with van der Waals surface area (Å²) in [5.41, 5.74) is -2.37. The number of hydrogen-bond acceptors (Lipinski definition) is 8. The summed E-state index contributed by atoms with van der Waals surface area (Å²) in [6.45, 7) is 7.17. The molecule has 1 rings (SSSR count). The topological polar surface area (TPSA) is 96.0 Å². The van der Waals surface area contributed by atoms with Crippen LogP contribution in [0.5, 0.6) is 0 Å². The van der Waals surface area contributed by atoms with Gasteiger partial charge in [0.1, 0.15) is 16.9 Å². The van der Waals surface area contributed by atoms with Gasteiger partial charge in [-0.1, -0.05) is 13.8 Å². The van der Waals surface area contributed by atoms with E-state index in [9.17, 15) is 9.59 Å². The van der Waals surface area contributed by atoms with Gasteiger partial charge in [0.25, 0.3) is 5.91 Å². The third-order valence-corrected chi connectivity index (χ3v) is 12.1. The summed E-state index contributed by atoms with van der Waals surface area (Å²) in [4.78, 5) is 29.9. The zero-order valence-electron chi connectivity index (χ0n) is 19.2. The van der Waals surface area contributed by atoms with Crippen molar-refractivity contribution in [3.8, 4) is 0 Å². The fraction of sp³-hybridized carbons (Fsp3) is 0.882. The molecule has 170 valence electrons. The van der Waals surface area contributed by atoms with Gasteiger partial charge in [0.15, 0.2) is 0 Å². The van der Waals surface area contributed by atoms with Crippen molar-refractivity contribution >= 4 is 29.5 Å². The highest BCUT2D eigenvalue weighted by molar-refractivity contribution is 6.64. The van der Waals surface area contributed by atoms with Gasteiger partial charge in [0.2, 0.25) is 0 Å². The Kier molecular flexibility index (Phi) is 8.99. The van der Waals surface area contributed by atoms with E-state index in [1.165, 1.54) is 52.5 Å². The molecule has 0 spiro atoms. The van der Waals surface area contributed by atoms with E-state index in [2.05, 4.69) is 0 Å². The summed E-state index contributed by atoms with van der Waals surface area (Å²) < 4.78 is 33.7. The molecule has 1 saturated heterocycles. The Morgan fingerprint density at radius 3 is 1.41 bits per heavy atom. The zero-order valence-corrected chi connectivity index (χ0v) is 21.2. The summed E-state index contributed by atoms with van der Waals surface area (Å²) in [6.07, 6.45) is 0.900. The SMILES string of the molecule is CCC(N1C(=O)N(C(CC)[Si](OC)(OC)OC)C(C)(C)C1=O)[Si](OC)(OC)OC. The number of carbonyl (C=O) groups excluding carboxylic acids is 2. The van der Waals surface area contributed by atoms with Crippen molar-refractivity contribution in [1.82, 2.24) is 9.80 Å². The van der Waals surface area contributed by atoms with Gasteiger partial charge in [-0.3, -0.25) is 9.69 Å². The van der Waals surface area contributed by atoms with Crippen LogP contribution in [0.2, 0.25) is 0 Å². The Labute approximate surface area is 176 Å². The van der Waals surface area contributed by atoms with Crippen LogP contribution >= 0.6 is 0 Å². The van der Waals surface area contributed by atoms with Crippen LogP contribution in [0.1, 0.15) is 40.5 Å². The maximum Gasteiger partial charge on any atom is 0.524 e. The first kappa shape index (κ1) is 26.2. The minimum atomic E-state index is -3.33. The van der Waals surface area contributed by atoms with Crippen LogP contribution in [0.15, 0.2) is 0 Å². The number of amides is 3. The lowest BCUT2D eigenvalue weighted by Crippen LogP contribution is -2.66. The Morgan fingerprint density at radius 2 is 1.10 bits per heavy atom. The fourth-order valence-electron chi connectivity index (χ4n) is 4.14. The normalized spacial score (nSPS) is 19.8. The van der Waals surface area contributed by atoms with E-state index >= 15 is 0 Å². The molecule has 1 aliphatic rings. The Bertz CT molecular complexity index is 567. The number of nitrogens with zero attached hydrogens (tertiary/aromatic N) is 2. The molecule has 29 heavy (non-hydrogen) atoms. The van der Waals surface area contributed by atoms with Gasteiger partial charge in [-0.05, 0) is 26.7 Å². The molecule has 10 nitrogen and oxygen atoms in total. The molecule has 0 aromatic rings. The van der Waals surface area contributed by atoms with Gasteiger partial charge >= 0.3 is 23.6 Å².